The zero-order valence-corrected chi connectivity index (χ0v) is 11.4. The normalized spacial score (nSPS) is 19.7. The van der Waals surface area contributed by atoms with Gasteiger partial charge in [-0.3, -0.25) is 4.79 Å². The van der Waals surface area contributed by atoms with E-state index in [0.29, 0.717) is 5.56 Å². The molecule has 1 saturated carbocycles. The van der Waals surface area contributed by atoms with Gasteiger partial charge in [-0.05, 0) is 18.4 Å². The van der Waals surface area contributed by atoms with Gasteiger partial charge in [0, 0.05) is 18.8 Å². The summed E-state index contributed by atoms with van der Waals surface area (Å²) in [5, 5.41) is 11.7. The number of carbonyl (C=O) groups excluding carboxylic acids is 1. The van der Waals surface area contributed by atoms with Crippen LogP contribution in [0.15, 0.2) is 30.3 Å². The Morgan fingerprint density at radius 1 is 1.19 bits per heavy atom. The average molecular weight is 297 g/mol. The van der Waals surface area contributed by atoms with E-state index < -0.39 is 29.8 Å². The Labute approximate surface area is 121 Å². The molecule has 4 nitrogen and oxygen atoms in total. The van der Waals surface area contributed by atoms with Gasteiger partial charge in [0.2, 0.25) is 11.8 Å². The topological polar surface area (TPSA) is 66.4 Å². The molecule has 0 aliphatic heterocycles. The molecule has 1 atom stereocenters. The Bertz CT molecular complexity index is 509. The van der Waals surface area contributed by atoms with Crippen LogP contribution >= 0.6 is 0 Å². The number of aliphatic carboxylic acids is 1. The first-order valence-electron chi connectivity index (χ1n) is 6.85. The second-order valence-corrected chi connectivity index (χ2v) is 5.32. The monoisotopic (exact) mass is 297 g/mol. The molecule has 1 aromatic carbocycles. The Hall–Kier alpha value is -1.98. The zero-order valence-electron chi connectivity index (χ0n) is 11.4. The van der Waals surface area contributed by atoms with Gasteiger partial charge < -0.3 is 10.4 Å². The molecule has 0 saturated heterocycles. The molecule has 0 aromatic heterocycles. The number of carboxylic acids is 1. The molecule has 0 spiro atoms. The third-order valence-electron chi connectivity index (χ3n) is 3.75. The molecule has 6 heteroatoms. The van der Waals surface area contributed by atoms with Gasteiger partial charge in [0.1, 0.15) is 0 Å². The second-order valence-electron chi connectivity index (χ2n) is 5.32. The lowest BCUT2D eigenvalue weighted by Gasteiger charge is -2.28. The van der Waals surface area contributed by atoms with Crippen molar-refractivity contribution >= 4 is 11.9 Å². The van der Waals surface area contributed by atoms with Crippen molar-refractivity contribution < 1.29 is 23.5 Å². The highest BCUT2D eigenvalue weighted by Crippen LogP contribution is 2.36. The number of hydrogen-bond donors (Lipinski definition) is 2. The fraction of sp³-hybridized carbons (Fsp3) is 0.467. The molecule has 0 heterocycles. The molecule has 1 aromatic rings. The van der Waals surface area contributed by atoms with Crippen molar-refractivity contribution in [1.29, 1.82) is 0 Å². The summed E-state index contributed by atoms with van der Waals surface area (Å²) in [6, 6.07) is 7.16. The van der Waals surface area contributed by atoms with Gasteiger partial charge in [0.05, 0.1) is 0 Å². The maximum Gasteiger partial charge on any atom is 0.330 e. The molecule has 1 aliphatic rings. The minimum absolute atomic E-state index is 0.0833. The SMILES string of the molecule is O=C(NC(C(=O)O)c1ccccc1)C1CCC(F)(F)CC1. The van der Waals surface area contributed by atoms with Crippen LogP contribution in [0.3, 0.4) is 0 Å². The van der Waals surface area contributed by atoms with E-state index in [-0.39, 0.29) is 25.7 Å². The molecule has 0 bridgehead atoms. The van der Waals surface area contributed by atoms with Gasteiger partial charge in [-0.2, -0.15) is 0 Å². The number of rotatable bonds is 4. The fourth-order valence-corrected chi connectivity index (χ4v) is 2.50. The fourth-order valence-electron chi connectivity index (χ4n) is 2.50. The summed E-state index contributed by atoms with van der Waals surface area (Å²) in [6.45, 7) is 0. The Morgan fingerprint density at radius 2 is 1.76 bits per heavy atom. The van der Waals surface area contributed by atoms with E-state index in [0.717, 1.165) is 0 Å². The second kappa shape index (κ2) is 6.20. The van der Waals surface area contributed by atoms with Crippen molar-refractivity contribution in [3.8, 4) is 0 Å². The highest BCUT2D eigenvalue weighted by atomic mass is 19.3. The van der Waals surface area contributed by atoms with E-state index in [1.54, 1.807) is 30.3 Å². The predicted molar refractivity (Wildman–Crippen MR) is 71.9 cm³/mol. The molecular formula is C15H17F2NO3. The number of amides is 1. The van der Waals surface area contributed by atoms with Gasteiger partial charge in [-0.25, -0.2) is 13.6 Å². The van der Waals surface area contributed by atoms with E-state index >= 15 is 0 Å². The van der Waals surface area contributed by atoms with Gasteiger partial charge in [-0.1, -0.05) is 30.3 Å². The van der Waals surface area contributed by atoms with Gasteiger partial charge in [0.15, 0.2) is 6.04 Å². The van der Waals surface area contributed by atoms with Crippen LogP contribution in [0.2, 0.25) is 0 Å². The average Bonchev–Trinajstić information content (AvgIpc) is 2.45. The number of hydrogen-bond acceptors (Lipinski definition) is 2. The maximum absolute atomic E-state index is 13.1. The van der Waals surface area contributed by atoms with Crippen LogP contribution in [0.4, 0.5) is 8.78 Å². The van der Waals surface area contributed by atoms with Gasteiger partial charge in [0.25, 0.3) is 0 Å². The quantitative estimate of drug-likeness (QED) is 0.898. The van der Waals surface area contributed by atoms with E-state index in [2.05, 4.69) is 5.32 Å². The molecule has 21 heavy (non-hydrogen) atoms. The van der Waals surface area contributed by atoms with Crippen LogP contribution in [0.1, 0.15) is 37.3 Å². The summed E-state index contributed by atoms with van der Waals surface area (Å²) in [5.74, 6) is -4.89. The summed E-state index contributed by atoms with van der Waals surface area (Å²) >= 11 is 0. The molecular weight excluding hydrogens is 280 g/mol. The molecule has 1 fully saturated rings. The Balaban J connectivity index is 2.01. The minimum atomic E-state index is -2.71. The number of carboxylic acid groups (broad SMARTS) is 1. The van der Waals surface area contributed by atoms with Crippen molar-refractivity contribution in [3.05, 3.63) is 35.9 Å². The Kier molecular flexibility index (Phi) is 4.55. The van der Waals surface area contributed by atoms with E-state index in [1.807, 2.05) is 0 Å². The number of halogens is 2. The van der Waals surface area contributed by atoms with Crippen molar-refractivity contribution in [2.75, 3.05) is 0 Å². The largest absolute Gasteiger partial charge is 0.479 e. The predicted octanol–water partition coefficient (Wildman–Crippen LogP) is 2.75. The first-order valence-corrected chi connectivity index (χ1v) is 6.85. The molecule has 2 N–H and O–H groups in total. The lowest BCUT2D eigenvalue weighted by Crippen LogP contribution is -2.40. The smallest absolute Gasteiger partial charge is 0.330 e. The van der Waals surface area contributed by atoms with Gasteiger partial charge in [-0.15, -0.1) is 0 Å². The van der Waals surface area contributed by atoms with E-state index in [9.17, 15) is 23.5 Å². The van der Waals surface area contributed by atoms with Crippen molar-refractivity contribution in [3.63, 3.8) is 0 Å². The standard InChI is InChI=1S/C15H17F2NO3/c16-15(17)8-6-11(7-9-15)13(19)18-12(14(20)21)10-4-2-1-3-5-10/h1-5,11-12H,6-9H2,(H,18,19)(H,20,21). The van der Waals surface area contributed by atoms with Crippen molar-refractivity contribution in [2.24, 2.45) is 5.92 Å². The summed E-state index contributed by atoms with van der Waals surface area (Å²) in [6.07, 6.45) is -0.484. The highest BCUT2D eigenvalue weighted by molar-refractivity contribution is 5.85. The number of benzene rings is 1. The van der Waals surface area contributed by atoms with Crippen molar-refractivity contribution in [2.45, 2.75) is 37.6 Å². The third-order valence-corrected chi connectivity index (χ3v) is 3.75. The van der Waals surface area contributed by atoms with E-state index in [4.69, 9.17) is 0 Å². The lowest BCUT2D eigenvalue weighted by atomic mass is 9.86. The molecule has 1 aliphatic carbocycles. The summed E-state index contributed by atoms with van der Waals surface area (Å²) in [7, 11) is 0. The van der Waals surface area contributed by atoms with Crippen LogP contribution in [0.25, 0.3) is 0 Å². The van der Waals surface area contributed by atoms with Crippen LogP contribution < -0.4 is 5.32 Å². The molecule has 114 valence electrons. The summed E-state index contributed by atoms with van der Waals surface area (Å²) in [5.41, 5.74) is 0.458. The maximum atomic E-state index is 13.1. The minimum Gasteiger partial charge on any atom is -0.479 e. The zero-order chi connectivity index (χ0) is 15.5. The summed E-state index contributed by atoms with van der Waals surface area (Å²) in [4.78, 5) is 23.4. The third kappa shape index (κ3) is 4.00. The number of alkyl halides is 2. The molecule has 2 rings (SSSR count). The first kappa shape index (κ1) is 15.4. The summed E-state index contributed by atoms with van der Waals surface area (Å²) < 4.78 is 26.1. The molecule has 0 radical (unpaired) electrons. The van der Waals surface area contributed by atoms with Crippen LogP contribution in [0, 0.1) is 5.92 Å². The first-order chi connectivity index (χ1) is 9.89. The van der Waals surface area contributed by atoms with Crippen LogP contribution in [0.5, 0.6) is 0 Å². The van der Waals surface area contributed by atoms with Crippen LogP contribution in [-0.4, -0.2) is 22.9 Å². The van der Waals surface area contributed by atoms with Crippen molar-refractivity contribution in [1.82, 2.24) is 5.32 Å². The van der Waals surface area contributed by atoms with E-state index in [1.165, 1.54) is 0 Å². The number of carbonyl (C=O) groups is 2. The number of nitrogens with one attached hydrogen (secondary N) is 1. The van der Waals surface area contributed by atoms with Crippen LogP contribution in [-0.2, 0) is 9.59 Å². The van der Waals surface area contributed by atoms with Gasteiger partial charge >= 0.3 is 5.97 Å². The molecule has 1 amide bonds. The highest BCUT2D eigenvalue weighted by Gasteiger charge is 2.38. The lowest BCUT2D eigenvalue weighted by molar-refractivity contribution is -0.143. The molecule has 1 unspecified atom stereocenters. The Morgan fingerprint density at radius 3 is 2.29 bits per heavy atom.